The Morgan fingerprint density at radius 1 is 1.33 bits per heavy atom. The van der Waals surface area contributed by atoms with Crippen molar-refractivity contribution < 1.29 is 4.79 Å². The number of fused-ring (bicyclic) bond motifs is 1. The molecule has 0 fully saturated rings. The maximum absolute atomic E-state index is 12.6. The number of carbonyl (C=O) groups excluding carboxylic acids is 1. The van der Waals surface area contributed by atoms with Crippen LogP contribution in [0.1, 0.15) is 58.6 Å². The second-order valence-electron chi connectivity index (χ2n) is 7.14. The Morgan fingerprint density at radius 2 is 2.05 bits per heavy atom. The molecule has 1 aromatic rings. The molecule has 21 heavy (non-hydrogen) atoms. The second-order valence-corrected chi connectivity index (χ2v) is 7.14. The monoisotopic (exact) mass is 288 g/mol. The summed E-state index contributed by atoms with van der Waals surface area (Å²) < 4.78 is 0. The fourth-order valence-electron chi connectivity index (χ4n) is 2.90. The van der Waals surface area contributed by atoms with Gasteiger partial charge in [-0.05, 0) is 36.4 Å². The third kappa shape index (κ3) is 4.07. The minimum Gasteiger partial charge on any atom is -0.312 e. The molecule has 116 valence electrons. The zero-order valence-electron chi connectivity index (χ0n) is 13.8. The summed E-state index contributed by atoms with van der Waals surface area (Å²) in [5.74, 6) is 0.240. The highest BCUT2D eigenvalue weighted by Crippen LogP contribution is 2.35. The summed E-state index contributed by atoms with van der Waals surface area (Å²) in [4.78, 5) is 14.6. The summed E-state index contributed by atoms with van der Waals surface area (Å²) in [5.41, 5.74) is 2.38. The molecule has 1 unspecified atom stereocenters. The lowest BCUT2D eigenvalue weighted by molar-refractivity contribution is -0.120. The first kappa shape index (κ1) is 16.0. The van der Waals surface area contributed by atoms with Crippen molar-refractivity contribution in [3.63, 3.8) is 0 Å². The van der Waals surface area contributed by atoms with Crippen LogP contribution in [0.3, 0.4) is 0 Å². The van der Waals surface area contributed by atoms with Crippen molar-refractivity contribution in [2.24, 2.45) is 5.41 Å². The largest absolute Gasteiger partial charge is 0.312 e. The molecule has 1 aliphatic heterocycles. The summed E-state index contributed by atoms with van der Waals surface area (Å²) in [7, 11) is 0. The van der Waals surface area contributed by atoms with Crippen LogP contribution in [0.2, 0.25) is 0 Å². The van der Waals surface area contributed by atoms with E-state index in [0.29, 0.717) is 12.5 Å². The van der Waals surface area contributed by atoms with Gasteiger partial charge in [-0.2, -0.15) is 0 Å². The lowest BCUT2D eigenvalue weighted by atomic mass is 9.90. The molecule has 2 rings (SSSR count). The quantitative estimate of drug-likeness (QED) is 0.911. The van der Waals surface area contributed by atoms with Crippen LogP contribution in [0.15, 0.2) is 24.3 Å². The molecule has 0 aromatic heterocycles. The van der Waals surface area contributed by atoms with E-state index in [4.69, 9.17) is 0 Å². The molecule has 0 aliphatic carbocycles. The summed E-state index contributed by atoms with van der Waals surface area (Å²) in [6.45, 7) is 10.4. The van der Waals surface area contributed by atoms with Crippen molar-refractivity contribution >= 4 is 11.6 Å². The number of nitrogens with zero attached hydrogens (tertiary/aromatic N) is 1. The molecule has 1 aromatic carbocycles. The van der Waals surface area contributed by atoms with Gasteiger partial charge in [0.15, 0.2) is 0 Å². The molecule has 0 spiro atoms. The molecule has 1 N–H and O–H groups in total. The molecule has 3 heteroatoms. The Kier molecular flexibility index (Phi) is 5.04. The van der Waals surface area contributed by atoms with E-state index in [-0.39, 0.29) is 11.3 Å². The molecule has 0 saturated heterocycles. The number of hydrogen-bond donors (Lipinski definition) is 1. The Balaban J connectivity index is 2.21. The van der Waals surface area contributed by atoms with Gasteiger partial charge in [-0.1, -0.05) is 45.9 Å². The maximum Gasteiger partial charge on any atom is 0.227 e. The molecular weight excluding hydrogens is 260 g/mol. The van der Waals surface area contributed by atoms with Gasteiger partial charge in [-0.25, -0.2) is 0 Å². The van der Waals surface area contributed by atoms with Crippen LogP contribution in [-0.4, -0.2) is 19.0 Å². The van der Waals surface area contributed by atoms with Crippen molar-refractivity contribution in [1.29, 1.82) is 0 Å². The molecule has 0 radical (unpaired) electrons. The molecule has 1 heterocycles. The number of anilines is 1. The number of rotatable bonds is 4. The standard InChI is InChI=1S/C18H28N2O/c1-5-11-19-15-10-12-20(17(21)13-18(2,3)4)16-9-7-6-8-14(15)16/h6-9,15,19H,5,10-13H2,1-4H3. The summed E-state index contributed by atoms with van der Waals surface area (Å²) in [5, 5.41) is 3.60. The van der Waals surface area contributed by atoms with Crippen LogP contribution < -0.4 is 10.2 Å². The minimum atomic E-state index is 0.0311. The smallest absolute Gasteiger partial charge is 0.227 e. The van der Waals surface area contributed by atoms with Crippen LogP contribution in [0.5, 0.6) is 0 Å². The Morgan fingerprint density at radius 3 is 2.71 bits per heavy atom. The number of benzene rings is 1. The normalized spacial score (nSPS) is 18.5. The van der Waals surface area contributed by atoms with Gasteiger partial charge in [-0.15, -0.1) is 0 Å². The zero-order chi connectivity index (χ0) is 15.5. The van der Waals surface area contributed by atoms with Crippen LogP contribution in [-0.2, 0) is 4.79 Å². The number of para-hydroxylation sites is 1. The first-order chi connectivity index (χ1) is 9.92. The SMILES string of the molecule is CCCNC1CCN(C(=O)CC(C)(C)C)c2ccccc21. The number of carbonyl (C=O) groups is 1. The molecule has 0 bridgehead atoms. The highest BCUT2D eigenvalue weighted by molar-refractivity contribution is 5.95. The van der Waals surface area contributed by atoms with Gasteiger partial charge in [0.05, 0.1) is 0 Å². The van der Waals surface area contributed by atoms with Gasteiger partial charge in [-0.3, -0.25) is 4.79 Å². The lowest BCUT2D eigenvalue weighted by Crippen LogP contribution is -2.41. The second kappa shape index (κ2) is 6.61. The Bertz CT molecular complexity index is 490. The summed E-state index contributed by atoms with van der Waals surface area (Å²) in [6.07, 6.45) is 2.71. The van der Waals surface area contributed by atoms with E-state index in [1.807, 2.05) is 11.0 Å². The molecule has 3 nitrogen and oxygen atoms in total. The van der Waals surface area contributed by atoms with Gasteiger partial charge >= 0.3 is 0 Å². The van der Waals surface area contributed by atoms with Crippen molar-refractivity contribution in [2.75, 3.05) is 18.0 Å². The first-order valence-electron chi connectivity index (χ1n) is 8.05. The van der Waals surface area contributed by atoms with Crippen LogP contribution in [0, 0.1) is 5.41 Å². The Labute approximate surface area is 128 Å². The maximum atomic E-state index is 12.6. The van der Waals surface area contributed by atoms with Crippen molar-refractivity contribution in [2.45, 2.75) is 53.0 Å². The molecule has 0 saturated carbocycles. The first-order valence-corrected chi connectivity index (χ1v) is 8.05. The van der Waals surface area contributed by atoms with Gasteiger partial charge in [0, 0.05) is 24.7 Å². The average Bonchev–Trinajstić information content (AvgIpc) is 2.42. The predicted octanol–water partition coefficient (Wildman–Crippen LogP) is 3.90. The van der Waals surface area contributed by atoms with E-state index in [1.165, 1.54) is 5.56 Å². The van der Waals surface area contributed by atoms with Crippen molar-refractivity contribution in [1.82, 2.24) is 5.32 Å². The highest BCUT2D eigenvalue weighted by atomic mass is 16.2. The predicted molar refractivity (Wildman–Crippen MR) is 88.5 cm³/mol. The van der Waals surface area contributed by atoms with E-state index in [9.17, 15) is 4.79 Å². The molecular formula is C18H28N2O. The Hall–Kier alpha value is -1.35. The van der Waals surface area contributed by atoms with E-state index in [0.717, 1.165) is 31.6 Å². The summed E-state index contributed by atoms with van der Waals surface area (Å²) >= 11 is 0. The van der Waals surface area contributed by atoms with Crippen molar-refractivity contribution in [3.8, 4) is 0 Å². The van der Waals surface area contributed by atoms with Crippen molar-refractivity contribution in [3.05, 3.63) is 29.8 Å². The third-order valence-corrected chi connectivity index (χ3v) is 3.87. The van der Waals surface area contributed by atoms with E-state index < -0.39 is 0 Å². The molecule has 1 amide bonds. The van der Waals surface area contributed by atoms with Crippen LogP contribution in [0.4, 0.5) is 5.69 Å². The molecule has 1 atom stereocenters. The van der Waals surface area contributed by atoms with E-state index >= 15 is 0 Å². The number of nitrogens with one attached hydrogen (secondary N) is 1. The van der Waals surface area contributed by atoms with Crippen LogP contribution in [0.25, 0.3) is 0 Å². The van der Waals surface area contributed by atoms with Gasteiger partial charge in [0.1, 0.15) is 0 Å². The third-order valence-electron chi connectivity index (χ3n) is 3.87. The number of amides is 1. The van der Waals surface area contributed by atoms with E-state index in [1.54, 1.807) is 0 Å². The van der Waals surface area contributed by atoms with Crippen LogP contribution >= 0.6 is 0 Å². The zero-order valence-corrected chi connectivity index (χ0v) is 13.8. The average molecular weight is 288 g/mol. The number of hydrogen-bond acceptors (Lipinski definition) is 2. The fraction of sp³-hybridized carbons (Fsp3) is 0.611. The lowest BCUT2D eigenvalue weighted by Gasteiger charge is -2.36. The van der Waals surface area contributed by atoms with Gasteiger partial charge in [0.2, 0.25) is 5.91 Å². The topological polar surface area (TPSA) is 32.3 Å². The molecule has 1 aliphatic rings. The summed E-state index contributed by atoms with van der Waals surface area (Å²) in [6, 6.07) is 8.70. The van der Waals surface area contributed by atoms with Gasteiger partial charge < -0.3 is 10.2 Å². The van der Waals surface area contributed by atoms with Gasteiger partial charge in [0.25, 0.3) is 0 Å². The van der Waals surface area contributed by atoms with E-state index in [2.05, 4.69) is 51.2 Å². The highest BCUT2D eigenvalue weighted by Gasteiger charge is 2.29. The fourth-order valence-corrected chi connectivity index (χ4v) is 2.90. The minimum absolute atomic E-state index is 0.0311.